The number of fused-ring (bicyclic) bond motifs is 1. The van der Waals surface area contributed by atoms with Crippen LogP contribution in [0.3, 0.4) is 0 Å². The average molecular weight is 466 g/mol. The van der Waals surface area contributed by atoms with Crippen molar-refractivity contribution in [3.05, 3.63) is 107 Å². The molecule has 6 heteroatoms. The number of imidazole rings is 1. The van der Waals surface area contributed by atoms with E-state index in [-0.39, 0.29) is 4.91 Å². The third kappa shape index (κ3) is 4.28. The highest BCUT2D eigenvalue weighted by atomic mass is 32.2. The van der Waals surface area contributed by atoms with Crippen LogP contribution in [0.2, 0.25) is 0 Å². The zero-order valence-corrected chi connectivity index (χ0v) is 19.6. The molecule has 168 valence electrons. The molecule has 0 amide bonds. The number of nitrogens with zero attached hydrogens (tertiary/aromatic N) is 2. The van der Waals surface area contributed by atoms with Crippen LogP contribution in [0.5, 0.6) is 0 Å². The smallest absolute Gasteiger partial charge is 0.342 e. The molecule has 0 aliphatic carbocycles. The lowest BCUT2D eigenvalue weighted by atomic mass is 10.1. The second-order valence-corrected chi connectivity index (χ2v) is 9.08. The molecule has 0 radical (unpaired) electrons. The van der Waals surface area contributed by atoms with Crippen molar-refractivity contribution in [1.82, 2.24) is 14.5 Å². The number of carbonyl (C=O) groups is 1. The molecule has 2 aromatic heterocycles. The first-order valence-electron chi connectivity index (χ1n) is 10.9. The lowest BCUT2D eigenvalue weighted by Crippen LogP contribution is -2.00. The summed E-state index contributed by atoms with van der Waals surface area (Å²) in [5.74, 6) is -0.984. The Hall–Kier alpha value is -4.03. The van der Waals surface area contributed by atoms with Gasteiger partial charge in [-0.05, 0) is 78.7 Å². The van der Waals surface area contributed by atoms with Gasteiger partial charge in [0.2, 0.25) is 0 Å². The molecule has 3 aromatic carbocycles. The number of benzene rings is 3. The molecule has 5 nitrogen and oxygen atoms in total. The van der Waals surface area contributed by atoms with Gasteiger partial charge in [0, 0.05) is 17.1 Å². The molecule has 0 spiro atoms. The fraction of sp³-hybridized carbons (Fsp3) is 0.0714. The van der Waals surface area contributed by atoms with Crippen molar-refractivity contribution in [2.75, 3.05) is 0 Å². The number of aromatic amines is 1. The van der Waals surface area contributed by atoms with Crippen molar-refractivity contribution in [1.29, 1.82) is 0 Å². The molecule has 5 rings (SSSR count). The van der Waals surface area contributed by atoms with Gasteiger partial charge in [0.25, 0.3) is 0 Å². The van der Waals surface area contributed by atoms with Gasteiger partial charge in [-0.25, -0.2) is 9.78 Å². The van der Waals surface area contributed by atoms with Crippen LogP contribution < -0.4 is 0 Å². The molecular formula is C28H23N3O2S. The van der Waals surface area contributed by atoms with Gasteiger partial charge in [0.1, 0.15) is 4.91 Å². The van der Waals surface area contributed by atoms with E-state index in [0.717, 1.165) is 51.0 Å². The highest BCUT2D eigenvalue weighted by Crippen LogP contribution is 2.31. The van der Waals surface area contributed by atoms with Crippen LogP contribution in [-0.4, -0.2) is 25.6 Å². The molecule has 2 heterocycles. The van der Waals surface area contributed by atoms with E-state index < -0.39 is 5.97 Å². The molecule has 0 saturated heterocycles. The predicted molar refractivity (Wildman–Crippen MR) is 138 cm³/mol. The number of carboxylic acid groups (broad SMARTS) is 1. The second-order valence-electron chi connectivity index (χ2n) is 8.05. The minimum atomic E-state index is -0.984. The minimum absolute atomic E-state index is 0.207. The Bertz CT molecular complexity index is 1480. The summed E-state index contributed by atoms with van der Waals surface area (Å²) in [6.45, 7) is 4.04. The first kappa shape index (κ1) is 21.8. The average Bonchev–Trinajstić information content (AvgIpc) is 3.38. The normalized spacial score (nSPS) is 11.8. The monoisotopic (exact) mass is 465 g/mol. The van der Waals surface area contributed by atoms with Gasteiger partial charge < -0.3 is 14.7 Å². The third-order valence-corrected chi connectivity index (χ3v) is 6.67. The maximum absolute atomic E-state index is 12.0. The van der Waals surface area contributed by atoms with Gasteiger partial charge >= 0.3 is 5.97 Å². The number of thioether (sulfide) groups is 1. The first-order valence-corrected chi connectivity index (χ1v) is 11.7. The number of hydrogen-bond donors (Lipinski definition) is 2. The summed E-state index contributed by atoms with van der Waals surface area (Å²) in [6, 6.07) is 28.3. The highest BCUT2D eigenvalue weighted by molar-refractivity contribution is 8.04. The van der Waals surface area contributed by atoms with Crippen molar-refractivity contribution in [2.24, 2.45) is 0 Å². The van der Waals surface area contributed by atoms with Gasteiger partial charge in [-0.3, -0.25) is 0 Å². The number of H-pyrrole nitrogens is 1. The SMILES string of the molecule is Cc1cc(/C=C(\Sc2nc3ccccc3[nH]2)C(=O)O)c(C)n1-c1ccc(-c2ccccc2)cc1. The fourth-order valence-corrected chi connectivity index (χ4v) is 4.91. The lowest BCUT2D eigenvalue weighted by Gasteiger charge is -2.11. The molecule has 0 aliphatic rings. The zero-order valence-electron chi connectivity index (χ0n) is 18.8. The van der Waals surface area contributed by atoms with Crippen molar-refractivity contribution in [2.45, 2.75) is 19.0 Å². The standard InChI is InChI=1S/C28H23N3O2S/c1-18-16-22(17-26(27(32)33)34-28-29-24-10-6-7-11-25(24)30-28)19(2)31(18)23-14-12-21(13-15-23)20-8-4-3-5-9-20/h3-17H,1-2H3,(H,29,30)(H,32,33)/b26-17-. The van der Waals surface area contributed by atoms with E-state index in [2.05, 4.69) is 50.9 Å². The summed E-state index contributed by atoms with van der Waals surface area (Å²) in [7, 11) is 0. The van der Waals surface area contributed by atoms with E-state index in [1.54, 1.807) is 6.08 Å². The molecule has 0 fully saturated rings. The summed E-state index contributed by atoms with van der Waals surface area (Å²) >= 11 is 1.12. The number of hydrogen-bond acceptors (Lipinski definition) is 3. The van der Waals surface area contributed by atoms with Crippen LogP contribution in [0.25, 0.3) is 33.9 Å². The zero-order chi connectivity index (χ0) is 23.7. The summed E-state index contributed by atoms with van der Waals surface area (Å²) < 4.78 is 2.14. The van der Waals surface area contributed by atoms with Gasteiger partial charge in [-0.2, -0.15) is 0 Å². The summed E-state index contributed by atoms with van der Waals surface area (Å²) in [5.41, 5.74) is 7.94. The van der Waals surface area contributed by atoms with Gasteiger partial charge in [-0.15, -0.1) is 0 Å². The number of nitrogens with one attached hydrogen (secondary N) is 1. The number of aliphatic carboxylic acids is 1. The lowest BCUT2D eigenvalue weighted by molar-refractivity contribution is -0.131. The Morgan fingerprint density at radius 3 is 2.32 bits per heavy atom. The van der Waals surface area contributed by atoms with Gasteiger partial charge in [0.15, 0.2) is 5.16 Å². The van der Waals surface area contributed by atoms with Crippen LogP contribution in [0.15, 0.2) is 95.0 Å². The molecule has 0 aliphatic heterocycles. The molecule has 0 saturated carbocycles. The van der Waals surface area contributed by atoms with E-state index in [1.165, 1.54) is 5.56 Å². The second kappa shape index (κ2) is 9.08. The summed E-state index contributed by atoms with van der Waals surface area (Å²) in [6.07, 6.45) is 1.72. The molecular weight excluding hydrogens is 442 g/mol. The highest BCUT2D eigenvalue weighted by Gasteiger charge is 2.16. The Kier molecular flexibility index (Phi) is 5.82. The van der Waals surface area contributed by atoms with Crippen LogP contribution in [-0.2, 0) is 4.79 Å². The Labute approximate surface area is 201 Å². The third-order valence-electron chi connectivity index (χ3n) is 5.77. The predicted octanol–water partition coefficient (Wildman–Crippen LogP) is 6.86. The molecule has 0 unspecified atom stereocenters. The van der Waals surface area contributed by atoms with E-state index in [0.29, 0.717) is 5.16 Å². The minimum Gasteiger partial charge on any atom is -0.477 e. The molecule has 34 heavy (non-hydrogen) atoms. The number of carboxylic acids is 1. The van der Waals surface area contributed by atoms with Crippen LogP contribution in [0.4, 0.5) is 0 Å². The molecule has 0 bridgehead atoms. The van der Waals surface area contributed by atoms with Crippen molar-refractivity contribution in [3.63, 3.8) is 0 Å². The Balaban J connectivity index is 1.46. The Morgan fingerprint density at radius 2 is 1.62 bits per heavy atom. The van der Waals surface area contributed by atoms with Crippen molar-refractivity contribution in [3.8, 4) is 16.8 Å². The van der Waals surface area contributed by atoms with E-state index in [9.17, 15) is 9.90 Å². The van der Waals surface area contributed by atoms with Gasteiger partial charge in [-0.1, -0.05) is 54.6 Å². The Morgan fingerprint density at radius 1 is 0.941 bits per heavy atom. The van der Waals surface area contributed by atoms with Crippen molar-refractivity contribution < 1.29 is 9.90 Å². The molecule has 0 atom stereocenters. The van der Waals surface area contributed by atoms with E-state index in [4.69, 9.17) is 0 Å². The summed E-state index contributed by atoms with van der Waals surface area (Å²) in [5, 5.41) is 10.4. The largest absolute Gasteiger partial charge is 0.477 e. The molecule has 2 N–H and O–H groups in total. The van der Waals surface area contributed by atoms with Crippen LogP contribution in [0.1, 0.15) is 17.0 Å². The number of aromatic nitrogens is 3. The van der Waals surface area contributed by atoms with Gasteiger partial charge in [0.05, 0.1) is 11.0 Å². The fourth-order valence-electron chi connectivity index (χ4n) is 4.12. The van der Waals surface area contributed by atoms with E-state index in [1.807, 2.05) is 62.4 Å². The maximum atomic E-state index is 12.0. The number of rotatable bonds is 6. The van der Waals surface area contributed by atoms with Crippen LogP contribution in [0, 0.1) is 13.8 Å². The van der Waals surface area contributed by atoms with Crippen molar-refractivity contribution >= 4 is 34.8 Å². The first-order chi connectivity index (χ1) is 16.5. The maximum Gasteiger partial charge on any atom is 0.342 e. The topological polar surface area (TPSA) is 70.9 Å². The molecule has 5 aromatic rings. The van der Waals surface area contributed by atoms with E-state index >= 15 is 0 Å². The summed E-state index contributed by atoms with van der Waals surface area (Å²) in [4.78, 5) is 19.9. The van der Waals surface area contributed by atoms with Crippen LogP contribution >= 0.6 is 11.8 Å². The quantitative estimate of drug-likeness (QED) is 0.212. The number of aryl methyl sites for hydroxylation is 1. The number of para-hydroxylation sites is 2.